The van der Waals surface area contributed by atoms with Crippen molar-refractivity contribution in [2.75, 3.05) is 13.1 Å². The van der Waals surface area contributed by atoms with E-state index in [0.717, 1.165) is 0 Å². The monoisotopic (exact) mass is 241 g/mol. The first-order valence-electron chi connectivity index (χ1n) is 6.12. The van der Waals surface area contributed by atoms with Crippen LogP contribution in [0.25, 0.3) is 0 Å². The number of rotatable bonds is 3. The lowest BCUT2D eigenvalue weighted by Gasteiger charge is -2.42. The van der Waals surface area contributed by atoms with Gasteiger partial charge in [-0.15, -0.1) is 0 Å². The molecule has 0 aromatic heterocycles. The highest BCUT2D eigenvalue weighted by Crippen LogP contribution is 2.19. The number of amides is 2. The first kappa shape index (κ1) is 14.0. The highest BCUT2D eigenvalue weighted by molar-refractivity contribution is 5.93. The molecule has 1 aliphatic heterocycles. The lowest BCUT2D eigenvalue weighted by atomic mass is 9.96. The molecule has 1 rings (SSSR count). The zero-order chi connectivity index (χ0) is 13.2. The topological polar surface area (TPSA) is 75.4 Å². The Morgan fingerprint density at radius 1 is 1.53 bits per heavy atom. The van der Waals surface area contributed by atoms with Crippen molar-refractivity contribution in [1.82, 2.24) is 10.2 Å². The van der Waals surface area contributed by atoms with Gasteiger partial charge in [-0.2, -0.15) is 0 Å². The van der Waals surface area contributed by atoms with Crippen molar-refractivity contribution in [1.29, 1.82) is 0 Å². The maximum atomic E-state index is 12.2. The fraction of sp³-hybridized carbons (Fsp3) is 0.833. The Hall–Kier alpha value is -1.10. The second-order valence-corrected chi connectivity index (χ2v) is 5.54. The summed E-state index contributed by atoms with van der Waals surface area (Å²) in [5, 5.41) is 2.76. The number of hydrogen-bond acceptors (Lipinski definition) is 3. The zero-order valence-electron chi connectivity index (χ0n) is 11.1. The maximum absolute atomic E-state index is 12.2. The van der Waals surface area contributed by atoms with Crippen molar-refractivity contribution < 1.29 is 9.59 Å². The summed E-state index contributed by atoms with van der Waals surface area (Å²) in [6.07, 6.45) is 0.646. The molecule has 1 heterocycles. The van der Waals surface area contributed by atoms with Gasteiger partial charge in [0.25, 0.3) is 0 Å². The fourth-order valence-corrected chi connectivity index (χ4v) is 2.09. The summed E-state index contributed by atoms with van der Waals surface area (Å²) < 4.78 is 0. The van der Waals surface area contributed by atoms with Crippen LogP contribution < -0.4 is 11.1 Å². The van der Waals surface area contributed by atoms with E-state index in [1.165, 1.54) is 0 Å². The summed E-state index contributed by atoms with van der Waals surface area (Å²) in [4.78, 5) is 25.5. The molecule has 1 atom stereocenters. The molecule has 0 aromatic carbocycles. The number of piperazine rings is 1. The number of hydrogen-bond donors (Lipinski definition) is 2. The predicted octanol–water partition coefficient (Wildman–Crippen LogP) is 0.0968. The quantitative estimate of drug-likeness (QED) is 0.735. The third-order valence-corrected chi connectivity index (χ3v) is 3.16. The van der Waals surface area contributed by atoms with Gasteiger partial charge < -0.3 is 16.0 Å². The third kappa shape index (κ3) is 2.97. The van der Waals surface area contributed by atoms with E-state index in [1.54, 1.807) is 18.7 Å². The molecule has 1 aliphatic rings. The summed E-state index contributed by atoms with van der Waals surface area (Å²) in [6, 6.07) is -0.514. The number of nitrogens with one attached hydrogen (secondary N) is 1. The van der Waals surface area contributed by atoms with Gasteiger partial charge in [-0.3, -0.25) is 9.59 Å². The van der Waals surface area contributed by atoms with Gasteiger partial charge in [0, 0.05) is 13.1 Å². The Labute approximate surface area is 103 Å². The summed E-state index contributed by atoms with van der Waals surface area (Å²) >= 11 is 0. The highest BCUT2D eigenvalue weighted by Gasteiger charge is 2.41. The van der Waals surface area contributed by atoms with Crippen molar-refractivity contribution in [2.24, 2.45) is 11.7 Å². The van der Waals surface area contributed by atoms with Gasteiger partial charge in [-0.1, -0.05) is 13.8 Å². The average molecular weight is 241 g/mol. The van der Waals surface area contributed by atoms with Gasteiger partial charge in [-0.05, 0) is 26.2 Å². The molecule has 5 nitrogen and oxygen atoms in total. The minimum Gasteiger partial charge on any atom is -0.352 e. The molecule has 0 bridgehead atoms. The molecule has 17 heavy (non-hydrogen) atoms. The molecule has 0 aromatic rings. The van der Waals surface area contributed by atoms with Crippen molar-refractivity contribution in [3.05, 3.63) is 0 Å². The normalized spacial score (nSPS) is 21.3. The smallest absolute Gasteiger partial charge is 0.245 e. The van der Waals surface area contributed by atoms with Crippen LogP contribution in [0.3, 0.4) is 0 Å². The summed E-state index contributed by atoms with van der Waals surface area (Å²) in [5.74, 6) is 0.128. The molecule has 0 saturated carbocycles. The Bertz CT molecular complexity index is 313. The first-order chi connectivity index (χ1) is 7.76. The third-order valence-electron chi connectivity index (χ3n) is 3.16. The van der Waals surface area contributed by atoms with Crippen LogP contribution in [0.4, 0.5) is 0 Å². The molecule has 0 aliphatic carbocycles. The standard InChI is InChI=1S/C12H23N3O2/c1-8(2)7-9(13)10(16)15-6-5-14-11(17)12(15,3)4/h8-9H,5-7,13H2,1-4H3,(H,14,17)/t9-/m1/s1. The van der Waals surface area contributed by atoms with Crippen LogP contribution in [0.15, 0.2) is 0 Å². The predicted molar refractivity (Wildman–Crippen MR) is 66.2 cm³/mol. The largest absolute Gasteiger partial charge is 0.352 e. The van der Waals surface area contributed by atoms with Crippen LogP contribution in [0, 0.1) is 5.92 Å². The van der Waals surface area contributed by atoms with Gasteiger partial charge in [0.2, 0.25) is 11.8 Å². The molecule has 0 radical (unpaired) electrons. The van der Waals surface area contributed by atoms with Crippen molar-refractivity contribution in [3.63, 3.8) is 0 Å². The molecule has 2 amide bonds. The zero-order valence-corrected chi connectivity index (χ0v) is 11.1. The summed E-state index contributed by atoms with van der Waals surface area (Å²) in [6.45, 7) is 8.59. The van der Waals surface area contributed by atoms with Gasteiger partial charge in [-0.25, -0.2) is 0 Å². The van der Waals surface area contributed by atoms with Crippen molar-refractivity contribution >= 4 is 11.8 Å². The van der Waals surface area contributed by atoms with Gasteiger partial charge in [0.05, 0.1) is 6.04 Å². The molecule has 98 valence electrons. The Balaban J connectivity index is 2.77. The SMILES string of the molecule is CC(C)C[C@@H](N)C(=O)N1CCNC(=O)C1(C)C. The molecule has 3 N–H and O–H groups in total. The van der Waals surface area contributed by atoms with E-state index in [-0.39, 0.29) is 11.8 Å². The number of nitrogens with two attached hydrogens (primary N) is 1. The molecule has 1 saturated heterocycles. The van der Waals surface area contributed by atoms with Crippen LogP contribution in [0.5, 0.6) is 0 Å². The van der Waals surface area contributed by atoms with Crippen LogP contribution in [0.2, 0.25) is 0 Å². The van der Waals surface area contributed by atoms with E-state index in [1.807, 2.05) is 13.8 Å². The van der Waals surface area contributed by atoms with Crippen LogP contribution in [-0.4, -0.2) is 41.4 Å². The maximum Gasteiger partial charge on any atom is 0.245 e. The van der Waals surface area contributed by atoms with Crippen molar-refractivity contribution in [2.45, 2.75) is 45.7 Å². The van der Waals surface area contributed by atoms with E-state index in [0.29, 0.717) is 25.4 Å². The summed E-state index contributed by atoms with van der Waals surface area (Å²) in [7, 11) is 0. The Morgan fingerprint density at radius 2 is 2.12 bits per heavy atom. The van der Waals surface area contributed by atoms with E-state index in [2.05, 4.69) is 5.32 Å². The van der Waals surface area contributed by atoms with Gasteiger partial charge in [0.1, 0.15) is 5.54 Å². The lowest BCUT2D eigenvalue weighted by Crippen LogP contribution is -2.65. The van der Waals surface area contributed by atoms with Crippen molar-refractivity contribution in [3.8, 4) is 0 Å². The second kappa shape index (κ2) is 5.04. The number of carbonyl (C=O) groups excluding carboxylic acids is 2. The molecule has 0 spiro atoms. The second-order valence-electron chi connectivity index (χ2n) is 5.54. The lowest BCUT2D eigenvalue weighted by molar-refractivity contribution is -0.150. The van der Waals surface area contributed by atoms with Crippen LogP contribution in [0.1, 0.15) is 34.1 Å². The number of nitrogens with zero attached hydrogens (tertiary/aromatic N) is 1. The Morgan fingerprint density at radius 3 is 2.65 bits per heavy atom. The summed E-state index contributed by atoms with van der Waals surface area (Å²) in [5.41, 5.74) is 5.09. The fourth-order valence-electron chi connectivity index (χ4n) is 2.09. The van der Waals surface area contributed by atoms with E-state index < -0.39 is 11.6 Å². The minimum atomic E-state index is -0.802. The van der Waals surface area contributed by atoms with E-state index in [9.17, 15) is 9.59 Å². The number of carbonyl (C=O) groups is 2. The van der Waals surface area contributed by atoms with Gasteiger partial charge in [0.15, 0.2) is 0 Å². The molecular formula is C12H23N3O2. The molecule has 1 fully saturated rings. The first-order valence-corrected chi connectivity index (χ1v) is 6.12. The minimum absolute atomic E-state index is 0.117. The Kier molecular flexibility index (Phi) is 4.14. The van der Waals surface area contributed by atoms with Crippen LogP contribution in [-0.2, 0) is 9.59 Å². The van der Waals surface area contributed by atoms with Crippen LogP contribution >= 0.6 is 0 Å². The van der Waals surface area contributed by atoms with Gasteiger partial charge >= 0.3 is 0 Å². The molecular weight excluding hydrogens is 218 g/mol. The molecule has 5 heteroatoms. The van der Waals surface area contributed by atoms with E-state index >= 15 is 0 Å². The van der Waals surface area contributed by atoms with E-state index in [4.69, 9.17) is 5.73 Å². The molecule has 0 unspecified atom stereocenters. The average Bonchev–Trinajstić information content (AvgIpc) is 2.20. The highest BCUT2D eigenvalue weighted by atomic mass is 16.2.